The summed E-state index contributed by atoms with van der Waals surface area (Å²) in [6.07, 6.45) is 13.3. The molecule has 0 aromatic heterocycles. The fourth-order valence-electron chi connectivity index (χ4n) is 6.98. The third kappa shape index (κ3) is 6.87. The van der Waals surface area contributed by atoms with Crippen LogP contribution in [0.15, 0.2) is 51.6 Å². The Bertz CT molecular complexity index is 1230. The molecule has 0 saturated heterocycles. The van der Waals surface area contributed by atoms with E-state index in [9.17, 15) is 14.4 Å². The molecule has 224 valence electrons. The largest absolute Gasteiger partial charge is 0.481 e. The smallest absolute Gasteiger partial charge is 0.305 e. The molecule has 4 aliphatic rings. The fourth-order valence-corrected chi connectivity index (χ4v) is 7.35. The maximum Gasteiger partial charge on any atom is 0.305 e. The van der Waals surface area contributed by atoms with Crippen LogP contribution >= 0.6 is 11.6 Å². The summed E-state index contributed by atoms with van der Waals surface area (Å²) < 4.78 is 0. The first-order valence-electron chi connectivity index (χ1n) is 15.1. The number of amides is 2. The van der Waals surface area contributed by atoms with Gasteiger partial charge < -0.3 is 15.3 Å². The average molecular weight is 584 g/mol. The molecule has 7 nitrogen and oxygen atoms in total. The third-order valence-corrected chi connectivity index (χ3v) is 9.43. The van der Waals surface area contributed by atoms with Crippen LogP contribution in [-0.2, 0) is 14.4 Å². The topological polar surface area (TPSA) is 99.1 Å². The molecule has 2 amide bonds. The molecule has 1 fully saturated rings. The summed E-state index contributed by atoms with van der Waals surface area (Å²) in [5.41, 5.74) is 3.93. The highest BCUT2D eigenvalue weighted by Crippen LogP contribution is 2.49. The van der Waals surface area contributed by atoms with Gasteiger partial charge in [0.2, 0.25) is 5.91 Å². The molecule has 8 heteroatoms. The number of rotatable bonds is 8. The van der Waals surface area contributed by atoms with Gasteiger partial charge in [0.15, 0.2) is 0 Å². The van der Waals surface area contributed by atoms with E-state index in [-0.39, 0.29) is 47.5 Å². The van der Waals surface area contributed by atoms with Gasteiger partial charge in [-0.2, -0.15) is 0 Å². The molecule has 2 unspecified atom stereocenters. The van der Waals surface area contributed by atoms with E-state index in [0.29, 0.717) is 36.5 Å². The quantitative estimate of drug-likeness (QED) is 0.325. The van der Waals surface area contributed by atoms with Gasteiger partial charge in [-0.3, -0.25) is 19.4 Å². The summed E-state index contributed by atoms with van der Waals surface area (Å²) in [5.74, 6) is -0.453. The summed E-state index contributed by atoms with van der Waals surface area (Å²) in [4.78, 5) is 45.3. The van der Waals surface area contributed by atoms with Crippen molar-refractivity contribution in [2.75, 3.05) is 6.54 Å². The molecule has 0 aromatic carbocycles. The summed E-state index contributed by atoms with van der Waals surface area (Å²) in [5, 5.41) is 11.4. The molecule has 41 heavy (non-hydrogen) atoms. The Hall–Kier alpha value is -2.67. The van der Waals surface area contributed by atoms with Crippen LogP contribution in [0.1, 0.15) is 92.9 Å². The number of hydrogen-bond donors (Lipinski definition) is 2. The van der Waals surface area contributed by atoms with Gasteiger partial charge in [-0.05, 0) is 80.3 Å². The van der Waals surface area contributed by atoms with Crippen LogP contribution in [-0.4, -0.2) is 57.1 Å². The van der Waals surface area contributed by atoms with Crippen molar-refractivity contribution in [1.29, 1.82) is 0 Å². The van der Waals surface area contributed by atoms with Crippen molar-refractivity contribution in [1.82, 2.24) is 10.2 Å². The van der Waals surface area contributed by atoms with Crippen LogP contribution in [0.5, 0.6) is 0 Å². The van der Waals surface area contributed by atoms with Gasteiger partial charge in [0.25, 0.3) is 5.91 Å². The molecule has 1 spiro atoms. The van der Waals surface area contributed by atoms with Gasteiger partial charge >= 0.3 is 5.97 Å². The number of alkyl halides is 1. The average Bonchev–Trinajstić information content (AvgIpc) is 3.14. The molecule has 0 aromatic rings. The number of nitrogens with zero attached hydrogens (tertiary/aromatic N) is 2. The Balaban J connectivity index is 1.67. The number of carboxylic acid groups (broad SMARTS) is 1. The molecular formula is C33H46ClN3O4. The number of aliphatic carboxylic acids is 1. The van der Waals surface area contributed by atoms with E-state index in [1.165, 1.54) is 0 Å². The number of carbonyl (C=O) groups is 3. The fraction of sp³-hybridized carbons (Fsp3) is 0.636. The third-order valence-electron chi connectivity index (χ3n) is 9.15. The van der Waals surface area contributed by atoms with Crippen molar-refractivity contribution < 1.29 is 19.5 Å². The summed E-state index contributed by atoms with van der Waals surface area (Å²) in [7, 11) is 0. The number of nitrogens with one attached hydrogen (secondary N) is 1. The van der Waals surface area contributed by atoms with E-state index in [2.05, 4.69) is 50.9 Å². The lowest BCUT2D eigenvalue weighted by Gasteiger charge is -2.49. The zero-order valence-electron chi connectivity index (χ0n) is 25.4. The van der Waals surface area contributed by atoms with Gasteiger partial charge in [-0.25, -0.2) is 0 Å². The van der Waals surface area contributed by atoms with E-state index in [1.807, 2.05) is 25.2 Å². The number of hydrogen-bond acceptors (Lipinski definition) is 4. The number of aliphatic imine (C=N–C) groups is 1. The molecule has 0 radical (unpaired) electrons. The molecule has 3 aliphatic carbocycles. The number of allylic oxidation sites excluding steroid dienone is 5. The highest BCUT2D eigenvalue weighted by Gasteiger charge is 2.54. The standard InChI is InChI=1S/C33H46ClN3O4/c1-20(2)29(22-7-9-23(10-8-22)30(40)35-16-13-27(38)39)37-31(41)28(24-17-21(3)18-26(34)19-24)36-33(37)14-11-25(12-15-33)32(4,5)6/h7,9,17-18,20,25-26,29H,8,10-16,19H2,1-6H3,(H,35,40)(H,38,39). The van der Waals surface area contributed by atoms with Gasteiger partial charge in [0.05, 0.1) is 17.8 Å². The Morgan fingerprint density at radius 1 is 1.20 bits per heavy atom. The van der Waals surface area contributed by atoms with Crippen molar-refractivity contribution in [3.8, 4) is 0 Å². The van der Waals surface area contributed by atoms with E-state index < -0.39 is 11.6 Å². The predicted octanol–water partition coefficient (Wildman–Crippen LogP) is 6.35. The summed E-state index contributed by atoms with van der Waals surface area (Å²) in [6.45, 7) is 13.3. The minimum atomic E-state index is -0.941. The molecule has 1 saturated carbocycles. The maximum atomic E-state index is 14.4. The first-order chi connectivity index (χ1) is 19.2. The van der Waals surface area contributed by atoms with Crippen molar-refractivity contribution >= 4 is 35.1 Å². The first kappa shape index (κ1) is 31.3. The minimum Gasteiger partial charge on any atom is -0.481 e. The zero-order valence-corrected chi connectivity index (χ0v) is 26.2. The highest BCUT2D eigenvalue weighted by molar-refractivity contribution is 6.47. The van der Waals surface area contributed by atoms with Crippen molar-refractivity contribution in [3.63, 3.8) is 0 Å². The maximum absolute atomic E-state index is 14.4. The molecule has 2 atom stereocenters. The van der Waals surface area contributed by atoms with Gasteiger partial charge in [-0.1, -0.05) is 64.5 Å². The lowest BCUT2D eigenvalue weighted by Crippen LogP contribution is -2.56. The summed E-state index contributed by atoms with van der Waals surface area (Å²) in [6, 6.07) is -0.143. The molecule has 4 rings (SSSR count). The number of halogens is 1. The molecular weight excluding hydrogens is 538 g/mol. The van der Waals surface area contributed by atoms with E-state index in [4.69, 9.17) is 21.7 Å². The SMILES string of the molecule is CC1=CC(Cl)CC(C2=NC3(CCC(C(C)(C)C)CC3)N(C(C3=CC=C(C(=O)NCCC(=O)O)CC3)C(C)C)C2=O)=C1. The monoisotopic (exact) mass is 583 g/mol. The first-order valence-corrected chi connectivity index (χ1v) is 15.5. The molecule has 0 bridgehead atoms. The Morgan fingerprint density at radius 3 is 2.41 bits per heavy atom. The highest BCUT2D eigenvalue weighted by atomic mass is 35.5. The van der Waals surface area contributed by atoms with E-state index in [1.54, 1.807) is 0 Å². The normalized spacial score (nSPS) is 27.7. The van der Waals surface area contributed by atoms with Crippen molar-refractivity contribution in [2.24, 2.45) is 22.2 Å². The Labute approximate surface area is 249 Å². The second-order valence-corrected chi connectivity index (χ2v) is 14.1. The van der Waals surface area contributed by atoms with Crippen LogP contribution < -0.4 is 5.32 Å². The van der Waals surface area contributed by atoms with Crippen LogP contribution in [0.3, 0.4) is 0 Å². The molecule has 2 N–H and O–H groups in total. The lowest BCUT2D eigenvalue weighted by atomic mass is 9.69. The number of carbonyl (C=O) groups excluding carboxylic acids is 2. The van der Waals surface area contributed by atoms with Gasteiger partial charge in [0.1, 0.15) is 11.4 Å². The Morgan fingerprint density at radius 2 is 1.88 bits per heavy atom. The predicted molar refractivity (Wildman–Crippen MR) is 164 cm³/mol. The summed E-state index contributed by atoms with van der Waals surface area (Å²) >= 11 is 6.56. The van der Waals surface area contributed by atoms with E-state index >= 15 is 0 Å². The minimum absolute atomic E-state index is 0.00943. The second kappa shape index (κ2) is 12.3. The zero-order chi connectivity index (χ0) is 30.1. The molecule has 1 heterocycles. The number of carboxylic acids is 1. The van der Waals surface area contributed by atoms with Gasteiger partial charge in [0, 0.05) is 12.1 Å². The van der Waals surface area contributed by atoms with Crippen molar-refractivity contribution in [3.05, 3.63) is 46.6 Å². The van der Waals surface area contributed by atoms with Crippen LogP contribution in [0.2, 0.25) is 0 Å². The molecule has 1 aliphatic heterocycles. The Kier molecular flexibility index (Phi) is 9.37. The van der Waals surface area contributed by atoms with Gasteiger partial charge in [-0.15, -0.1) is 11.6 Å². The van der Waals surface area contributed by atoms with Crippen LogP contribution in [0.25, 0.3) is 0 Å². The lowest BCUT2D eigenvalue weighted by molar-refractivity contribution is -0.137. The van der Waals surface area contributed by atoms with Crippen molar-refractivity contribution in [2.45, 2.75) is 110 Å². The van der Waals surface area contributed by atoms with Crippen LogP contribution in [0, 0.1) is 17.3 Å². The second-order valence-electron chi connectivity index (χ2n) is 13.6. The van der Waals surface area contributed by atoms with E-state index in [0.717, 1.165) is 42.4 Å². The van der Waals surface area contributed by atoms with Crippen LogP contribution in [0.4, 0.5) is 0 Å².